The number of hydrogen-bond donors (Lipinski definition) is 1. The molecule has 0 spiro atoms. The third-order valence-corrected chi connectivity index (χ3v) is 3.56. The number of morpholine rings is 1. The summed E-state index contributed by atoms with van der Waals surface area (Å²) in [4.78, 5) is 25.9. The number of rotatable bonds is 4. The minimum atomic E-state index is -0.541. The zero-order chi connectivity index (χ0) is 15.2. The van der Waals surface area contributed by atoms with Gasteiger partial charge in [0, 0.05) is 12.2 Å². The summed E-state index contributed by atoms with van der Waals surface area (Å²) in [6.45, 7) is 3.04. The SMILES string of the molecule is COC(=O)C1COCCN1C(C)C(=O)Nc1ccccc1. The Morgan fingerprint density at radius 2 is 2.10 bits per heavy atom. The molecule has 1 N–H and O–H groups in total. The van der Waals surface area contributed by atoms with E-state index in [0.717, 1.165) is 5.69 Å². The molecular formula is C15H20N2O4. The van der Waals surface area contributed by atoms with Crippen LogP contribution in [0.4, 0.5) is 5.69 Å². The molecule has 1 heterocycles. The van der Waals surface area contributed by atoms with E-state index >= 15 is 0 Å². The number of amides is 1. The van der Waals surface area contributed by atoms with Crippen LogP contribution in [-0.4, -0.2) is 55.7 Å². The second kappa shape index (κ2) is 7.19. The number of hydrogen-bond acceptors (Lipinski definition) is 5. The minimum absolute atomic E-state index is 0.156. The van der Waals surface area contributed by atoms with Crippen molar-refractivity contribution in [3.05, 3.63) is 30.3 Å². The predicted octanol–water partition coefficient (Wildman–Crippen LogP) is 0.887. The molecule has 1 aliphatic heterocycles. The first-order valence-corrected chi connectivity index (χ1v) is 6.90. The van der Waals surface area contributed by atoms with Gasteiger partial charge in [-0.3, -0.25) is 14.5 Å². The Labute approximate surface area is 124 Å². The first kappa shape index (κ1) is 15.5. The van der Waals surface area contributed by atoms with Gasteiger partial charge in [0.2, 0.25) is 5.91 Å². The number of nitrogens with zero attached hydrogens (tertiary/aromatic N) is 1. The van der Waals surface area contributed by atoms with Gasteiger partial charge in [0.05, 0.1) is 26.4 Å². The topological polar surface area (TPSA) is 67.9 Å². The van der Waals surface area contributed by atoms with E-state index in [1.54, 1.807) is 6.92 Å². The fourth-order valence-electron chi connectivity index (χ4n) is 2.34. The molecule has 0 radical (unpaired) electrons. The van der Waals surface area contributed by atoms with Crippen molar-refractivity contribution in [1.29, 1.82) is 0 Å². The van der Waals surface area contributed by atoms with E-state index in [4.69, 9.17) is 9.47 Å². The summed E-state index contributed by atoms with van der Waals surface area (Å²) in [7, 11) is 1.34. The Kier molecular flexibility index (Phi) is 5.30. The molecule has 1 fully saturated rings. The maximum atomic E-state index is 12.3. The van der Waals surface area contributed by atoms with E-state index in [1.807, 2.05) is 35.2 Å². The number of methoxy groups -OCH3 is 1. The Hall–Kier alpha value is -1.92. The van der Waals surface area contributed by atoms with Gasteiger partial charge in [-0.05, 0) is 19.1 Å². The summed E-state index contributed by atoms with van der Waals surface area (Å²) >= 11 is 0. The van der Waals surface area contributed by atoms with Crippen LogP contribution < -0.4 is 5.32 Å². The Balaban J connectivity index is 2.04. The maximum absolute atomic E-state index is 12.3. The summed E-state index contributed by atoms with van der Waals surface area (Å²) in [5.41, 5.74) is 0.734. The summed E-state index contributed by atoms with van der Waals surface area (Å²) < 4.78 is 10.1. The molecule has 0 bridgehead atoms. The van der Waals surface area contributed by atoms with Gasteiger partial charge in [0.15, 0.2) is 0 Å². The number of benzene rings is 1. The standard InChI is InChI=1S/C15H20N2O4/c1-11(14(18)16-12-6-4-3-5-7-12)17-8-9-21-10-13(17)15(19)20-2/h3-7,11,13H,8-10H2,1-2H3,(H,16,18). The van der Waals surface area contributed by atoms with Crippen molar-refractivity contribution in [1.82, 2.24) is 4.90 Å². The number of anilines is 1. The van der Waals surface area contributed by atoms with Crippen molar-refractivity contribution in [2.75, 3.05) is 32.2 Å². The van der Waals surface area contributed by atoms with Gasteiger partial charge >= 0.3 is 5.97 Å². The van der Waals surface area contributed by atoms with Crippen molar-refractivity contribution in [3.63, 3.8) is 0 Å². The van der Waals surface area contributed by atoms with E-state index < -0.39 is 12.1 Å². The van der Waals surface area contributed by atoms with Crippen molar-refractivity contribution < 1.29 is 19.1 Å². The number of esters is 1. The fourth-order valence-corrected chi connectivity index (χ4v) is 2.34. The van der Waals surface area contributed by atoms with Gasteiger partial charge in [0.1, 0.15) is 6.04 Å². The molecule has 6 nitrogen and oxygen atoms in total. The Morgan fingerprint density at radius 3 is 2.76 bits per heavy atom. The van der Waals surface area contributed by atoms with Gasteiger partial charge in [-0.25, -0.2) is 0 Å². The lowest BCUT2D eigenvalue weighted by atomic mass is 10.1. The summed E-state index contributed by atoms with van der Waals surface area (Å²) in [6, 6.07) is 8.24. The number of para-hydroxylation sites is 1. The third-order valence-electron chi connectivity index (χ3n) is 3.56. The second-order valence-corrected chi connectivity index (χ2v) is 4.88. The number of carbonyl (C=O) groups is 2. The van der Waals surface area contributed by atoms with Crippen LogP contribution in [0.2, 0.25) is 0 Å². The van der Waals surface area contributed by atoms with Crippen LogP contribution in [0.25, 0.3) is 0 Å². The lowest BCUT2D eigenvalue weighted by Crippen LogP contribution is -2.56. The first-order valence-electron chi connectivity index (χ1n) is 6.90. The Bertz CT molecular complexity index is 492. The largest absolute Gasteiger partial charge is 0.468 e. The molecule has 2 unspecified atom stereocenters. The highest BCUT2D eigenvalue weighted by Gasteiger charge is 2.35. The molecule has 2 rings (SSSR count). The first-order chi connectivity index (χ1) is 10.1. The summed E-state index contributed by atoms with van der Waals surface area (Å²) in [6.07, 6.45) is 0. The average molecular weight is 292 g/mol. The fraction of sp³-hybridized carbons (Fsp3) is 0.467. The molecule has 1 amide bonds. The van der Waals surface area contributed by atoms with Gasteiger partial charge in [-0.2, -0.15) is 0 Å². The molecule has 2 atom stereocenters. The van der Waals surface area contributed by atoms with Crippen LogP contribution in [0.5, 0.6) is 0 Å². The van der Waals surface area contributed by atoms with Crippen LogP contribution in [-0.2, 0) is 19.1 Å². The van der Waals surface area contributed by atoms with Crippen molar-refractivity contribution >= 4 is 17.6 Å². The zero-order valence-corrected chi connectivity index (χ0v) is 12.2. The molecule has 0 saturated carbocycles. The molecule has 1 saturated heterocycles. The lowest BCUT2D eigenvalue weighted by Gasteiger charge is -2.37. The Morgan fingerprint density at radius 1 is 1.38 bits per heavy atom. The van der Waals surface area contributed by atoms with Gasteiger partial charge in [0.25, 0.3) is 0 Å². The highest BCUT2D eigenvalue weighted by Crippen LogP contribution is 2.15. The molecule has 1 aliphatic rings. The second-order valence-electron chi connectivity index (χ2n) is 4.88. The smallest absolute Gasteiger partial charge is 0.325 e. The normalized spacial score (nSPS) is 20.6. The van der Waals surface area contributed by atoms with Crippen LogP contribution in [0, 0.1) is 0 Å². The van der Waals surface area contributed by atoms with Crippen molar-refractivity contribution in [3.8, 4) is 0 Å². The monoisotopic (exact) mass is 292 g/mol. The van der Waals surface area contributed by atoms with E-state index in [-0.39, 0.29) is 18.5 Å². The van der Waals surface area contributed by atoms with Crippen LogP contribution in [0.15, 0.2) is 30.3 Å². The molecule has 114 valence electrons. The van der Waals surface area contributed by atoms with Gasteiger partial charge in [-0.1, -0.05) is 18.2 Å². The molecule has 6 heteroatoms. The minimum Gasteiger partial charge on any atom is -0.468 e. The number of nitrogens with one attached hydrogen (secondary N) is 1. The molecule has 0 aliphatic carbocycles. The maximum Gasteiger partial charge on any atom is 0.325 e. The molecule has 1 aromatic carbocycles. The number of ether oxygens (including phenoxy) is 2. The summed E-state index contributed by atoms with van der Waals surface area (Å²) in [5, 5.41) is 2.84. The van der Waals surface area contributed by atoms with E-state index in [2.05, 4.69) is 5.32 Å². The quantitative estimate of drug-likeness (QED) is 0.835. The molecule has 21 heavy (non-hydrogen) atoms. The molecular weight excluding hydrogens is 272 g/mol. The number of carbonyl (C=O) groups excluding carboxylic acids is 2. The molecule has 1 aromatic rings. The lowest BCUT2D eigenvalue weighted by molar-refractivity contribution is -0.155. The van der Waals surface area contributed by atoms with Crippen LogP contribution in [0.3, 0.4) is 0 Å². The van der Waals surface area contributed by atoms with Gasteiger partial charge < -0.3 is 14.8 Å². The summed E-state index contributed by atoms with van der Waals surface area (Å²) in [5.74, 6) is -0.536. The average Bonchev–Trinajstić information content (AvgIpc) is 2.54. The third kappa shape index (κ3) is 3.80. The zero-order valence-electron chi connectivity index (χ0n) is 12.2. The van der Waals surface area contributed by atoms with E-state index in [9.17, 15) is 9.59 Å². The van der Waals surface area contributed by atoms with E-state index in [1.165, 1.54) is 7.11 Å². The highest BCUT2D eigenvalue weighted by atomic mass is 16.5. The predicted molar refractivity (Wildman–Crippen MR) is 77.9 cm³/mol. The molecule has 0 aromatic heterocycles. The van der Waals surface area contributed by atoms with Crippen molar-refractivity contribution in [2.24, 2.45) is 0 Å². The van der Waals surface area contributed by atoms with Crippen LogP contribution >= 0.6 is 0 Å². The van der Waals surface area contributed by atoms with E-state index in [0.29, 0.717) is 13.2 Å². The van der Waals surface area contributed by atoms with Crippen LogP contribution in [0.1, 0.15) is 6.92 Å². The van der Waals surface area contributed by atoms with Gasteiger partial charge in [-0.15, -0.1) is 0 Å². The highest BCUT2D eigenvalue weighted by molar-refractivity contribution is 5.95. The van der Waals surface area contributed by atoms with Crippen molar-refractivity contribution in [2.45, 2.75) is 19.0 Å².